The van der Waals surface area contributed by atoms with Crippen LogP contribution in [-0.2, 0) is 10.0 Å². The number of hydrogen-bond acceptors (Lipinski definition) is 3. The van der Waals surface area contributed by atoms with Crippen LogP contribution in [0.25, 0.3) is 0 Å². The minimum Gasteiger partial charge on any atom is -0.394 e. The Morgan fingerprint density at radius 1 is 1.44 bits per heavy atom. The van der Waals surface area contributed by atoms with Gasteiger partial charge in [-0.2, -0.15) is 4.31 Å². The molecule has 0 amide bonds. The van der Waals surface area contributed by atoms with Gasteiger partial charge in [0.25, 0.3) is 0 Å². The molecule has 0 aliphatic carbocycles. The highest BCUT2D eigenvalue weighted by Gasteiger charge is 2.35. The van der Waals surface area contributed by atoms with Gasteiger partial charge in [0.2, 0.25) is 10.0 Å². The summed E-state index contributed by atoms with van der Waals surface area (Å²) in [5.74, 6) is 0. The third-order valence-electron chi connectivity index (χ3n) is 2.78. The van der Waals surface area contributed by atoms with Crippen molar-refractivity contribution in [3.63, 3.8) is 0 Å². The van der Waals surface area contributed by atoms with Gasteiger partial charge in [-0.1, -0.05) is 17.7 Å². The van der Waals surface area contributed by atoms with Crippen LogP contribution in [0.2, 0.25) is 5.02 Å². The standard InChI is InChI=1S/C11H15BrClNO3S/c1-11(2,7-15)14(3)18(16,17)10-8(12)5-4-6-9(10)13/h4-6,15H,7H2,1-3H3. The maximum atomic E-state index is 12.5. The van der Waals surface area contributed by atoms with Crippen molar-refractivity contribution < 1.29 is 13.5 Å². The zero-order chi connectivity index (χ0) is 14.1. The van der Waals surface area contributed by atoms with Crippen molar-refractivity contribution >= 4 is 37.6 Å². The van der Waals surface area contributed by atoms with Crippen LogP contribution in [0.1, 0.15) is 13.8 Å². The van der Waals surface area contributed by atoms with Gasteiger partial charge < -0.3 is 5.11 Å². The summed E-state index contributed by atoms with van der Waals surface area (Å²) < 4.78 is 26.5. The van der Waals surface area contributed by atoms with Crippen molar-refractivity contribution in [3.05, 3.63) is 27.7 Å². The van der Waals surface area contributed by atoms with Crippen LogP contribution in [0.15, 0.2) is 27.6 Å². The summed E-state index contributed by atoms with van der Waals surface area (Å²) in [7, 11) is -2.36. The molecule has 0 atom stereocenters. The van der Waals surface area contributed by atoms with E-state index in [0.717, 1.165) is 4.31 Å². The van der Waals surface area contributed by atoms with E-state index >= 15 is 0 Å². The van der Waals surface area contributed by atoms with E-state index in [2.05, 4.69) is 15.9 Å². The van der Waals surface area contributed by atoms with Gasteiger partial charge in [0, 0.05) is 11.5 Å². The van der Waals surface area contributed by atoms with Gasteiger partial charge in [-0.3, -0.25) is 0 Å². The van der Waals surface area contributed by atoms with Gasteiger partial charge >= 0.3 is 0 Å². The molecule has 1 rings (SSSR count). The monoisotopic (exact) mass is 355 g/mol. The minimum absolute atomic E-state index is 0.00990. The van der Waals surface area contributed by atoms with Crippen LogP contribution in [-0.4, -0.2) is 37.0 Å². The maximum absolute atomic E-state index is 12.5. The number of aliphatic hydroxyl groups excluding tert-OH is 1. The molecule has 102 valence electrons. The quantitative estimate of drug-likeness (QED) is 0.902. The van der Waals surface area contributed by atoms with Gasteiger partial charge in [-0.05, 0) is 41.9 Å². The van der Waals surface area contributed by atoms with Crippen LogP contribution in [0.3, 0.4) is 0 Å². The number of rotatable bonds is 4. The van der Waals surface area contributed by atoms with Crippen molar-refractivity contribution in [1.82, 2.24) is 4.31 Å². The molecule has 0 aliphatic rings. The second kappa shape index (κ2) is 5.46. The number of benzene rings is 1. The Hall–Kier alpha value is -0.140. The first-order valence-corrected chi connectivity index (χ1v) is 7.79. The third kappa shape index (κ3) is 2.88. The average molecular weight is 357 g/mol. The Balaban J connectivity index is 3.40. The molecule has 0 unspecified atom stereocenters. The molecule has 0 saturated heterocycles. The molecule has 0 aromatic heterocycles. The molecular formula is C11H15BrClNO3S. The van der Waals surface area contributed by atoms with Gasteiger partial charge in [-0.15, -0.1) is 0 Å². The Kier molecular flexibility index (Phi) is 4.83. The van der Waals surface area contributed by atoms with Crippen molar-refractivity contribution in [2.24, 2.45) is 0 Å². The van der Waals surface area contributed by atoms with E-state index in [9.17, 15) is 13.5 Å². The molecule has 1 N–H and O–H groups in total. The van der Waals surface area contributed by atoms with Crippen molar-refractivity contribution in [2.75, 3.05) is 13.7 Å². The normalized spacial score (nSPS) is 13.1. The lowest BCUT2D eigenvalue weighted by molar-refractivity contribution is 0.138. The first-order chi connectivity index (χ1) is 8.14. The van der Waals surface area contributed by atoms with Gasteiger partial charge in [-0.25, -0.2) is 8.42 Å². The molecule has 0 radical (unpaired) electrons. The summed E-state index contributed by atoms with van der Waals surface area (Å²) in [6.45, 7) is 2.98. The zero-order valence-electron chi connectivity index (χ0n) is 10.3. The fourth-order valence-corrected chi connectivity index (χ4v) is 4.46. The smallest absolute Gasteiger partial charge is 0.245 e. The zero-order valence-corrected chi connectivity index (χ0v) is 13.5. The summed E-state index contributed by atoms with van der Waals surface area (Å²) in [4.78, 5) is 0.00990. The van der Waals surface area contributed by atoms with Gasteiger partial charge in [0.15, 0.2) is 0 Å². The van der Waals surface area contributed by atoms with E-state index in [1.807, 2.05) is 0 Å². The fraction of sp³-hybridized carbons (Fsp3) is 0.455. The molecule has 0 fully saturated rings. The predicted molar refractivity (Wildman–Crippen MR) is 75.3 cm³/mol. The molecule has 0 heterocycles. The third-order valence-corrected chi connectivity index (χ3v) is 6.30. The molecule has 7 heteroatoms. The lowest BCUT2D eigenvalue weighted by atomic mass is 10.1. The van der Waals surface area contributed by atoms with E-state index < -0.39 is 15.6 Å². The first kappa shape index (κ1) is 15.9. The summed E-state index contributed by atoms with van der Waals surface area (Å²) in [6.07, 6.45) is 0. The molecule has 0 aliphatic heterocycles. The van der Waals surface area contributed by atoms with Crippen LogP contribution in [0.4, 0.5) is 0 Å². The van der Waals surface area contributed by atoms with Crippen LogP contribution in [0, 0.1) is 0 Å². The number of aliphatic hydroxyl groups is 1. The van der Waals surface area contributed by atoms with E-state index in [4.69, 9.17) is 11.6 Å². The van der Waals surface area contributed by atoms with E-state index in [0.29, 0.717) is 4.47 Å². The average Bonchev–Trinajstić information content (AvgIpc) is 2.27. The van der Waals surface area contributed by atoms with Crippen LogP contribution in [0.5, 0.6) is 0 Å². The molecule has 0 saturated carbocycles. The second-order valence-corrected chi connectivity index (χ2v) is 7.66. The van der Waals surface area contributed by atoms with Crippen molar-refractivity contribution in [3.8, 4) is 0 Å². The summed E-state index contributed by atoms with van der Waals surface area (Å²) in [5.41, 5.74) is -0.905. The largest absolute Gasteiger partial charge is 0.394 e. The Labute approximate surface area is 121 Å². The highest BCUT2D eigenvalue weighted by atomic mass is 79.9. The van der Waals surface area contributed by atoms with Gasteiger partial charge in [0.05, 0.1) is 17.2 Å². The van der Waals surface area contributed by atoms with Crippen molar-refractivity contribution in [2.45, 2.75) is 24.3 Å². The van der Waals surface area contributed by atoms with Crippen LogP contribution >= 0.6 is 27.5 Å². The number of nitrogens with zero attached hydrogens (tertiary/aromatic N) is 1. The molecular weight excluding hydrogens is 342 g/mol. The summed E-state index contributed by atoms with van der Waals surface area (Å²) in [5, 5.41) is 9.41. The van der Waals surface area contributed by atoms with Gasteiger partial charge in [0.1, 0.15) is 4.90 Å². The predicted octanol–water partition coefficient (Wildman–Crippen LogP) is 2.49. The first-order valence-electron chi connectivity index (χ1n) is 5.18. The van der Waals surface area contributed by atoms with E-state index in [1.54, 1.807) is 26.0 Å². The van der Waals surface area contributed by atoms with Crippen LogP contribution < -0.4 is 0 Å². The molecule has 1 aromatic carbocycles. The Morgan fingerprint density at radius 3 is 2.44 bits per heavy atom. The summed E-state index contributed by atoms with van der Waals surface area (Å²) in [6, 6.07) is 4.78. The molecule has 18 heavy (non-hydrogen) atoms. The lowest BCUT2D eigenvalue weighted by Crippen LogP contribution is -2.47. The van der Waals surface area contributed by atoms with Crippen molar-refractivity contribution in [1.29, 1.82) is 0 Å². The Morgan fingerprint density at radius 2 is 2.00 bits per heavy atom. The topological polar surface area (TPSA) is 57.6 Å². The molecule has 0 spiro atoms. The molecule has 1 aromatic rings. The lowest BCUT2D eigenvalue weighted by Gasteiger charge is -2.33. The van der Waals surface area contributed by atoms with E-state index in [-0.39, 0.29) is 16.5 Å². The highest BCUT2D eigenvalue weighted by molar-refractivity contribution is 9.10. The number of sulfonamides is 1. The summed E-state index contributed by atoms with van der Waals surface area (Å²) >= 11 is 9.14. The maximum Gasteiger partial charge on any atom is 0.245 e. The fourth-order valence-electron chi connectivity index (χ4n) is 1.29. The number of halogens is 2. The SMILES string of the molecule is CN(C(C)(C)CO)S(=O)(=O)c1c(Cl)cccc1Br. The second-order valence-electron chi connectivity index (χ2n) is 4.49. The Bertz CT molecular complexity index is 525. The number of hydrogen-bond donors (Lipinski definition) is 1. The number of likely N-dealkylation sites (N-methyl/N-ethyl adjacent to an activating group) is 1. The highest BCUT2D eigenvalue weighted by Crippen LogP contribution is 2.33. The molecule has 4 nitrogen and oxygen atoms in total. The molecule has 0 bridgehead atoms. The van der Waals surface area contributed by atoms with E-state index in [1.165, 1.54) is 13.1 Å². The minimum atomic E-state index is -3.78.